The monoisotopic (exact) mass is 496 g/mol. The first-order chi connectivity index (χ1) is 17.5. The van der Waals surface area contributed by atoms with E-state index in [1.165, 1.54) is 22.3 Å². The number of nitrogens with zero attached hydrogens (tertiary/aromatic N) is 2. The number of aliphatic hydroxyl groups excluding tert-OH is 1. The van der Waals surface area contributed by atoms with E-state index in [9.17, 15) is 14.7 Å². The predicted molar refractivity (Wildman–Crippen MR) is 142 cm³/mol. The zero-order valence-electron chi connectivity index (χ0n) is 19.8. The second kappa shape index (κ2) is 9.79. The fourth-order valence-electron chi connectivity index (χ4n) is 4.25. The average Bonchev–Trinajstić information content (AvgIpc) is 3.45. The minimum atomic E-state index is -0.807. The summed E-state index contributed by atoms with van der Waals surface area (Å²) in [4.78, 5) is 32.8. The number of rotatable bonds is 7. The van der Waals surface area contributed by atoms with Gasteiger partial charge in [-0.2, -0.15) is 0 Å². The van der Waals surface area contributed by atoms with Crippen LogP contribution in [0.15, 0.2) is 90.2 Å². The first-order valence-corrected chi connectivity index (χ1v) is 12.4. The number of fused-ring (bicyclic) bond motifs is 1. The molecular weight excluding hydrogens is 472 g/mol. The van der Waals surface area contributed by atoms with Gasteiger partial charge >= 0.3 is 0 Å². The van der Waals surface area contributed by atoms with E-state index in [0.717, 1.165) is 27.8 Å². The number of aromatic nitrogens is 1. The summed E-state index contributed by atoms with van der Waals surface area (Å²) >= 11 is 1.31. The van der Waals surface area contributed by atoms with Crippen molar-refractivity contribution in [1.29, 1.82) is 0 Å². The second-order valence-corrected chi connectivity index (χ2v) is 9.38. The van der Waals surface area contributed by atoms with E-state index in [1.807, 2.05) is 66.7 Å². The largest absolute Gasteiger partial charge is 0.503 e. The number of ketones is 1. The molecule has 1 aliphatic heterocycles. The molecule has 0 radical (unpaired) electrons. The van der Waals surface area contributed by atoms with E-state index in [-0.39, 0.29) is 5.57 Å². The van der Waals surface area contributed by atoms with Crippen LogP contribution in [0.3, 0.4) is 0 Å². The summed E-state index contributed by atoms with van der Waals surface area (Å²) in [7, 11) is 1.59. The molecule has 1 aliphatic rings. The van der Waals surface area contributed by atoms with Crippen molar-refractivity contribution in [2.75, 3.05) is 12.0 Å². The summed E-state index contributed by atoms with van der Waals surface area (Å²) in [6.07, 6.45) is 3.94. The summed E-state index contributed by atoms with van der Waals surface area (Å²) in [5, 5.41) is 11.3. The Labute approximate surface area is 212 Å². The summed E-state index contributed by atoms with van der Waals surface area (Å²) < 4.78 is 6.15. The van der Waals surface area contributed by atoms with Gasteiger partial charge < -0.3 is 9.84 Å². The molecule has 0 aliphatic carbocycles. The van der Waals surface area contributed by atoms with Crippen LogP contribution in [0, 0.1) is 0 Å². The van der Waals surface area contributed by atoms with Crippen molar-refractivity contribution in [3.8, 4) is 5.75 Å². The SMILES string of the molecule is CCc1ccc(C2C(C(=O)/C=C/c3ccccc3)=C(O)C(=O)N2c2nc3ccc(OC)cc3s2)cc1. The molecule has 0 bridgehead atoms. The van der Waals surface area contributed by atoms with Crippen LogP contribution in [0.5, 0.6) is 5.75 Å². The van der Waals surface area contributed by atoms with Crippen LogP contribution >= 0.6 is 11.3 Å². The second-order valence-electron chi connectivity index (χ2n) is 8.37. The molecule has 6 nitrogen and oxygen atoms in total. The highest BCUT2D eigenvalue weighted by atomic mass is 32.1. The van der Waals surface area contributed by atoms with Crippen molar-refractivity contribution in [3.05, 3.63) is 107 Å². The van der Waals surface area contributed by atoms with Crippen molar-refractivity contribution in [2.24, 2.45) is 0 Å². The zero-order valence-corrected chi connectivity index (χ0v) is 20.7. The molecule has 1 N–H and O–H groups in total. The highest BCUT2D eigenvalue weighted by Crippen LogP contribution is 2.44. The highest BCUT2D eigenvalue weighted by molar-refractivity contribution is 7.22. The maximum atomic E-state index is 13.4. The fourth-order valence-corrected chi connectivity index (χ4v) is 5.27. The van der Waals surface area contributed by atoms with Crippen LogP contribution in [0.1, 0.15) is 29.7 Å². The quantitative estimate of drug-likeness (QED) is 0.315. The maximum Gasteiger partial charge on any atom is 0.296 e. The van der Waals surface area contributed by atoms with Gasteiger partial charge in [-0.05, 0) is 47.4 Å². The topological polar surface area (TPSA) is 79.7 Å². The number of aliphatic hydroxyl groups is 1. The number of amides is 1. The van der Waals surface area contributed by atoms with Crippen LogP contribution in [0.2, 0.25) is 0 Å². The average molecular weight is 497 g/mol. The van der Waals surface area contributed by atoms with Gasteiger partial charge in [-0.15, -0.1) is 0 Å². The minimum absolute atomic E-state index is 0.0354. The number of benzene rings is 3. The zero-order chi connectivity index (χ0) is 25.2. The van der Waals surface area contributed by atoms with Gasteiger partial charge in [-0.3, -0.25) is 14.5 Å². The van der Waals surface area contributed by atoms with Crippen molar-refractivity contribution >= 4 is 44.5 Å². The molecule has 1 unspecified atom stereocenters. The number of carbonyl (C=O) groups is 2. The molecule has 7 heteroatoms. The Kier molecular flexibility index (Phi) is 6.40. The number of hydrogen-bond donors (Lipinski definition) is 1. The molecule has 180 valence electrons. The van der Waals surface area contributed by atoms with Gasteiger partial charge in [0.05, 0.1) is 28.9 Å². The molecule has 2 heterocycles. The predicted octanol–water partition coefficient (Wildman–Crippen LogP) is 6.05. The smallest absolute Gasteiger partial charge is 0.296 e. The van der Waals surface area contributed by atoms with E-state index in [0.29, 0.717) is 16.4 Å². The molecule has 1 aromatic heterocycles. The lowest BCUT2D eigenvalue weighted by atomic mass is 9.95. The van der Waals surface area contributed by atoms with Crippen LogP contribution in [-0.2, 0) is 16.0 Å². The van der Waals surface area contributed by atoms with Gasteiger partial charge in [0.15, 0.2) is 16.7 Å². The van der Waals surface area contributed by atoms with Crippen molar-refractivity contribution < 1.29 is 19.4 Å². The van der Waals surface area contributed by atoms with Gasteiger partial charge in [-0.25, -0.2) is 4.98 Å². The Bertz CT molecular complexity index is 1500. The van der Waals surface area contributed by atoms with E-state index in [2.05, 4.69) is 11.9 Å². The Balaban J connectivity index is 1.60. The van der Waals surface area contributed by atoms with Crippen molar-refractivity contribution in [3.63, 3.8) is 0 Å². The maximum absolute atomic E-state index is 13.4. The summed E-state index contributed by atoms with van der Waals surface area (Å²) in [5.41, 5.74) is 3.43. The molecule has 1 amide bonds. The third kappa shape index (κ3) is 4.29. The molecule has 0 saturated heterocycles. The summed E-state index contributed by atoms with van der Waals surface area (Å²) in [6, 6.07) is 21.8. The lowest BCUT2D eigenvalue weighted by molar-refractivity contribution is -0.117. The normalized spacial score (nSPS) is 15.9. The van der Waals surface area contributed by atoms with Crippen LogP contribution < -0.4 is 9.64 Å². The molecule has 36 heavy (non-hydrogen) atoms. The van der Waals surface area contributed by atoms with Gasteiger partial charge in [0.2, 0.25) is 0 Å². The number of methoxy groups -OCH3 is 1. The third-order valence-corrected chi connectivity index (χ3v) is 7.21. The Morgan fingerprint density at radius 3 is 2.56 bits per heavy atom. The number of anilines is 1. The minimum Gasteiger partial charge on any atom is -0.503 e. The van der Waals surface area contributed by atoms with E-state index >= 15 is 0 Å². The fraction of sp³-hybridized carbons (Fsp3) is 0.138. The van der Waals surface area contributed by atoms with Gasteiger partial charge in [-0.1, -0.05) is 78.9 Å². The van der Waals surface area contributed by atoms with Gasteiger partial charge in [0.25, 0.3) is 5.91 Å². The van der Waals surface area contributed by atoms with Crippen LogP contribution in [0.4, 0.5) is 5.13 Å². The third-order valence-electron chi connectivity index (χ3n) is 6.19. The number of aryl methyl sites for hydroxylation is 1. The number of thiazole rings is 1. The Hall–Kier alpha value is -4.23. The van der Waals surface area contributed by atoms with E-state index in [4.69, 9.17) is 4.74 Å². The van der Waals surface area contributed by atoms with Gasteiger partial charge in [0.1, 0.15) is 5.75 Å². The molecule has 5 rings (SSSR count). The number of ether oxygens (including phenoxy) is 1. The lowest BCUT2D eigenvalue weighted by Gasteiger charge is -2.24. The Morgan fingerprint density at radius 2 is 1.86 bits per heavy atom. The summed E-state index contributed by atoms with van der Waals surface area (Å²) in [5.74, 6) is -0.958. The van der Waals surface area contributed by atoms with Crippen molar-refractivity contribution in [2.45, 2.75) is 19.4 Å². The molecular formula is C29H24N2O4S. The molecule has 0 saturated carbocycles. The highest BCUT2D eigenvalue weighted by Gasteiger charge is 2.45. The lowest BCUT2D eigenvalue weighted by Crippen LogP contribution is -2.30. The molecule has 3 aromatic carbocycles. The molecule has 0 spiro atoms. The van der Waals surface area contributed by atoms with E-state index in [1.54, 1.807) is 19.3 Å². The van der Waals surface area contributed by atoms with E-state index < -0.39 is 23.5 Å². The standard InChI is InChI=1S/C29H24N2O4S/c1-3-18-9-12-20(13-10-18)26-25(23(32)16-11-19-7-5-4-6-8-19)27(33)28(34)31(26)29-30-22-15-14-21(35-2)17-24(22)36-29/h4-17,26,33H,3H2,1-2H3/b16-11+. The molecule has 1 atom stereocenters. The first-order valence-electron chi connectivity index (χ1n) is 11.6. The number of carbonyl (C=O) groups excluding carboxylic acids is 2. The van der Waals surface area contributed by atoms with Crippen LogP contribution in [-0.4, -0.2) is 28.9 Å². The number of allylic oxidation sites excluding steroid dienone is 1. The van der Waals surface area contributed by atoms with Gasteiger partial charge in [0, 0.05) is 0 Å². The summed E-state index contributed by atoms with van der Waals surface area (Å²) in [6.45, 7) is 2.06. The Morgan fingerprint density at radius 1 is 1.11 bits per heavy atom. The molecule has 0 fully saturated rings. The molecule has 4 aromatic rings. The van der Waals surface area contributed by atoms with Crippen LogP contribution in [0.25, 0.3) is 16.3 Å². The first kappa shape index (κ1) is 23.5. The number of hydrogen-bond acceptors (Lipinski definition) is 6. The van der Waals surface area contributed by atoms with Crippen molar-refractivity contribution in [1.82, 2.24) is 4.98 Å².